The standard InChI is InChI=1S/C11H13NOS2/c1-2-3-8-15(13)11-12-9-6-4-5-7-10(9)14-11/h4-7H,2-3,8H2,1H3. The third kappa shape index (κ3) is 2.44. The first-order valence-corrected chi connectivity index (χ1v) is 7.18. The molecule has 4 heteroatoms. The van der Waals surface area contributed by atoms with Gasteiger partial charge >= 0.3 is 0 Å². The molecule has 0 bridgehead atoms. The van der Waals surface area contributed by atoms with Gasteiger partial charge in [0.1, 0.15) is 0 Å². The van der Waals surface area contributed by atoms with E-state index in [9.17, 15) is 4.21 Å². The first kappa shape index (κ1) is 10.8. The summed E-state index contributed by atoms with van der Waals surface area (Å²) in [5, 5.41) is 0. The first-order valence-electron chi connectivity index (χ1n) is 5.05. The molecule has 80 valence electrons. The molecule has 0 spiro atoms. The highest BCUT2D eigenvalue weighted by atomic mass is 32.2. The minimum Gasteiger partial charge on any atom is -0.252 e. The van der Waals surface area contributed by atoms with Crippen molar-refractivity contribution in [2.45, 2.75) is 24.1 Å². The Morgan fingerprint density at radius 3 is 2.93 bits per heavy atom. The second-order valence-electron chi connectivity index (χ2n) is 3.35. The summed E-state index contributed by atoms with van der Waals surface area (Å²) in [7, 11) is -0.909. The van der Waals surface area contributed by atoms with Crippen molar-refractivity contribution in [2.75, 3.05) is 5.75 Å². The van der Waals surface area contributed by atoms with E-state index in [1.54, 1.807) is 11.3 Å². The van der Waals surface area contributed by atoms with E-state index in [0.29, 0.717) is 0 Å². The van der Waals surface area contributed by atoms with Crippen LogP contribution in [0.5, 0.6) is 0 Å². The van der Waals surface area contributed by atoms with Crippen LogP contribution >= 0.6 is 11.3 Å². The first-order chi connectivity index (χ1) is 7.31. The van der Waals surface area contributed by atoms with E-state index in [2.05, 4.69) is 11.9 Å². The van der Waals surface area contributed by atoms with Gasteiger partial charge in [-0.25, -0.2) is 4.98 Å². The maximum Gasteiger partial charge on any atom is 0.181 e. The van der Waals surface area contributed by atoms with Gasteiger partial charge in [-0.1, -0.05) is 25.5 Å². The fourth-order valence-corrected chi connectivity index (χ4v) is 3.82. The number of hydrogen-bond acceptors (Lipinski definition) is 3. The van der Waals surface area contributed by atoms with E-state index in [4.69, 9.17) is 0 Å². The molecule has 2 rings (SSSR count). The Hall–Kier alpha value is -0.740. The molecule has 0 aliphatic heterocycles. The van der Waals surface area contributed by atoms with Crippen LogP contribution < -0.4 is 0 Å². The summed E-state index contributed by atoms with van der Waals surface area (Å²) < 4.78 is 13.7. The average Bonchev–Trinajstić information content (AvgIpc) is 2.69. The molecular formula is C11H13NOS2. The van der Waals surface area contributed by atoms with E-state index in [1.807, 2.05) is 24.3 Å². The molecule has 0 aliphatic carbocycles. The molecule has 1 atom stereocenters. The molecule has 2 aromatic rings. The Morgan fingerprint density at radius 1 is 1.40 bits per heavy atom. The zero-order valence-electron chi connectivity index (χ0n) is 8.60. The van der Waals surface area contributed by atoms with Crippen molar-refractivity contribution in [2.24, 2.45) is 0 Å². The van der Waals surface area contributed by atoms with E-state index in [1.165, 1.54) is 0 Å². The number of hydrogen-bond donors (Lipinski definition) is 0. The van der Waals surface area contributed by atoms with Crippen LogP contribution in [0.2, 0.25) is 0 Å². The van der Waals surface area contributed by atoms with E-state index in [-0.39, 0.29) is 0 Å². The van der Waals surface area contributed by atoms with E-state index >= 15 is 0 Å². The minimum absolute atomic E-state index is 0.732. The minimum atomic E-state index is -0.909. The Kier molecular flexibility index (Phi) is 3.49. The summed E-state index contributed by atoms with van der Waals surface area (Å²) in [5.74, 6) is 0.732. The Labute approximate surface area is 95.8 Å². The van der Waals surface area contributed by atoms with Crippen LogP contribution in [-0.2, 0) is 10.8 Å². The largest absolute Gasteiger partial charge is 0.252 e. The smallest absolute Gasteiger partial charge is 0.181 e. The number of unbranched alkanes of at least 4 members (excludes halogenated alkanes) is 1. The zero-order chi connectivity index (χ0) is 10.7. The lowest BCUT2D eigenvalue weighted by molar-refractivity contribution is 0.679. The fourth-order valence-electron chi connectivity index (χ4n) is 1.31. The van der Waals surface area contributed by atoms with Gasteiger partial charge in [-0.3, -0.25) is 4.21 Å². The molecule has 0 N–H and O–H groups in total. The summed E-state index contributed by atoms with van der Waals surface area (Å²) in [6.45, 7) is 2.11. The van der Waals surface area contributed by atoms with Gasteiger partial charge in [0.15, 0.2) is 4.34 Å². The molecule has 2 nitrogen and oxygen atoms in total. The normalized spacial score (nSPS) is 13.1. The fraction of sp³-hybridized carbons (Fsp3) is 0.364. The lowest BCUT2D eigenvalue weighted by Gasteiger charge is -1.94. The highest BCUT2D eigenvalue weighted by molar-refractivity contribution is 7.87. The third-order valence-corrected chi connectivity index (χ3v) is 4.93. The average molecular weight is 239 g/mol. The third-order valence-electron chi connectivity index (χ3n) is 2.15. The highest BCUT2D eigenvalue weighted by Crippen LogP contribution is 2.24. The van der Waals surface area contributed by atoms with Crippen LogP contribution in [0.15, 0.2) is 28.6 Å². The maximum absolute atomic E-state index is 11.8. The number of para-hydroxylation sites is 1. The Morgan fingerprint density at radius 2 is 2.20 bits per heavy atom. The van der Waals surface area contributed by atoms with Crippen molar-refractivity contribution in [1.29, 1.82) is 0 Å². The van der Waals surface area contributed by atoms with Gasteiger partial charge < -0.3 is 0 Å². The summed E-state index contributed by atoms with van der Waals surface area (Å²) in [5.41, 5.74) is 0.961. The van der Waals surface area contributed by atoms with Crippen molar-refractivity contribution in [3.63, 3.8) is 0 Å². The van der Waals surface area contributed by atoms with Crippen molar-refractivity contribution >= 4 is 32.4 Å². The van der Waals surface area contributed by atoms with Crippen LogP contribution in [0.25, 0.3) is 10.2 Å². The molecule has 0 amide bonds. The van der Waals surface area contributed by atoms with Gasteiger partial charge in [-0.2, -0.15) is 0 Å². The molecule has 0 fully saturated rings. The van der Waals surface area contributed by atoms with Crippen molar-refractivity contribution < 1.29 is 4.21 Å². The molecule has 1 heterocycles. The van der Waals surface area contributed by atoms with Gasteiger partial charge in [-0.05, 0) is 18.6 Å². The van der Waals surface area contributed by atoms with Crippen LogP contribution in [0, 0.1) is 0 Å². The molecule has 1 unspecified atom stereocenters. The highest BCUT2D eigenvalue weighted by Gasteiger charge is 2.09. The van der Waals surface area contributed by atoms with Gasteiger partial charge in [0, 0.05) is 5.75 Å². The predicted molar refractivity (Wildman–Crippen MR) is 65.8 cm³/mol. The topological polar surface area (TPSA) is 30.0 Å². The predicted octanol–water partition coefficient (Wildman–Crippen LogP) is 3.20. The number of aromatic nitrogens is 1. The molecule has 1 aromatic carbocycles. The molecule has 0 aliphatic rings. The lowest BCUT2D eigenvalue weighted by atomic mass is 10.3. The van der Waals surface area contributed by atoms with Gasteiger partial charge in [0.05, 0.1) is 21.0 Å². The molecule has 0 saturated carbocycles. The Balaban J connectivity index is 2.25. The quantitative estimate of drug-likeness (QED) is 0.820. The summed E-state index contributed by atoms with van der Waals surface area (Å²) in [6.07, 6.45) is 2.08. The van der Waals surface area contributed by atoms with Crippen LogP contribution in [0.4, 0.5) is 0 Å². The lowest BCUT2D eigenvalue weighted by Crippen LogP contribution is -1.96. The van der Waals surface area contributed by atoms with Crippen LogP contribution in [-0.4, -0.2) is 14.9 Å². The summed E-state index contributed by atoms with van der Waals surface area (Å²) in [4.78, 5) is 4.38. The molecule has 15 heavy (non-hydrogen) atoms. The van der Waals surface area contributed by atoms with Crippen molar-refractivity contribution in [3.8, 4) is 0 Å². The molecule has 1 aromatic heterocycles. The summed E-state index contributed by atoms with van der Waals surface area (Å²) >= 11 is 1.54. The Bertz CT molecular complexity index is 445. The number of rotatable bonds is 4. The van der Waals surface area contributed by atoms with Crippen LogP contribution in [0.1, 0.15) is 19.8 Å². The van der Waals surface area contributed by atoms with Crippen molar-refractivity contribution in [3.05, 3.63) is 24.3 Å². The summed E-state index contributed by atoms with van der Waals surface area (Å²) in [6, 6.07) is 7.93. The van der Waals surface area contributed by atoms with Gasteiger partial charge in [0.2, 0.25) is 0 Å². The number of benzene rings is 1. The molecular weight excluding hydrogens is 226 g/mol. The zero-order valence-corrected chi connectivity index (χ0v) is 10.2. The SMILES string of the molecule is CCCCS(=O)c1nc2ccccc2s1. The number of nitrogens with zero attached hydrogens (tertiary/aromatic N) is 1. The molecule has 0 radical (unpaired) electrons. The maximum atomic E-state index is 11.8. The monoisotopic (exact) mass is 239 g/mol. The second kappa shape index (κ2) is 4.86. The van der Waals surface area contributed by atoms with E-state index in [0.717, 1.165) is 33.2 Å². The second-order valence-corrected chi connectivity index (χ2v) is 6.13. The molecule has 0 saturated heterocycles. The van der Waals surface area contributed by atoms with Crippen molar-refractivity contribution in [1.82, 2.24) is 4.98 Å². The van der Waals surface area contributed by atoms with Gasteiger partial charge in [-0.15, -0.1) is 11.3 Å². The van der Waals surface area contributed by atoms with Gasteiger partial charge in [0.25, 0.3) is 0 Å². The van der Waals surface area contributed by atoms with E-state index < -0.39 is 10.8 Å². The number of fused-ring (bicyclic) bond motifs is 1. The number of thiazole rings is 1. The van der Waals surface area contributed by atoms with Crippen LogP contribution in [0.3, 0.4) is 0 Å².